The molecule has 1 aliphatic carbocycles. The van der Waals surface area contributed by atoms with Crippen LogP contribution in [0.5, 0.6) is 0 Å². The van der Waals surface area contributed by atoms with Crippen molar-refractivity contribution < 1.29 is 9.90 Å². The van der Waals surface area contributed by atoms with E-state index in [0.29, 0.717) is 10.4 Å². The lowest BCUT2D eigenvalue weighted by Crippen LogP contribution is -2.11. The van der Waals surface area contributed by atoms with Crippen molar-refractivity contribution >= 4 is 21.9 Å². The molecule has 1 N–H and O–H groups in total. The van der Waals surface area contributed by atoms with Gasteiger partial charge in [0.25, 0.3) is 0 Å². The maximum Gasteiger partial charge on any atom is 0.357 e. The first-order valence-electron chi connectivity index (χ1n) is 6.14. The van der Waals surface area contributed by atoms with Crippen LogP contribution in [0.3, 0.4) is 0 Å². The first-order chi connectivity index (χ1) is 8.15. The molecule has 0 spiro atoms. The van der Waals surface area contributed by atoms with Gasteiger partial charge in [-0.15, -0.1) is 0 Å². The van der Waals surface area contributed by atoms with Gasteiger partial charge in [-0.05, 0) is 35.7 Å². The highest BCUT2D eigenvalue weighted by Gasteiger charge is 2.27. The molecule has 17 heavy (non-hydrogen) atoms. The Balaban J connectivity index is 2.39. The molecule has 0 radical (unpaired) electrons. The van der Waals surface area contributed by atoms with Crippen LogP contribution in [-0.2, 0) is 6.54 Å². The second-order valence-electron chi connectivity index (χ2n) is 4.50. The van der Waals surface area contributed by atoms with Gasteiger partial charge in [-0.3, -0.25) is 4.68 Å². The van der Waals surface area contributed by atoms with E-state index in [0.717, 1.165) is 25.1 Å². The van der Waals surface area contributed by atoms with E-state index < -0.39 is 5.97 Å². The SMILES string of the molecule is CCn1nc(C(=O)O)c(Br)c1C1CCCCC1. The largest absolute Gasteiger partial charge is 0.476 e. The zero-order valence-corrected chi connectivity index (χ0v) is 11.5. The number of halogens is 1. The van der Waals surface area contributed by atoms with Crippen LogP contribution in [0.25, 0.3) is 0 Å². The van der Waals surface area contributed by atoms with Crippen molar-refractivity contribution in [3.63, 3.8) is 0 Å². The van der Waals surface area contributed by atoms with Gasteiger partial charge in [0.2, 0.25) is 0 Å². The molecule has 1 heterocycles. The summed E-state index contributed by atoms with van der Waals surface area (Å²) in [6, 6.07) is 0. The van der Waals surface area contributed by atoms with Crippen molar-refractivity contribution in [3.8, 4) is 0 Å². The van der Waals surface area contributed by atoms with Gasteiger partial charge in [0.1, 0.15) is 0 Å². The molecule has 0 bridgehead atoms. The molecule has 5 heteroatoms. The highest BCUT2D eigenvalue weighted by Crippen LogP contribution is 2.37. The molecule has 1 fully saturated rings. The van der Waals surface area contributed by atoms with E-state index in [-0.39, 0.29) is 5.69 Å². The van der Waals surface area contributed by atoms with Crippen LogP contribution in [0, 0.1) is 0 Å². The van der Waals surface area contributed by atoms with Crippen LogP contribution in [0.15, 0.2) is 4.47 Å². The number of rotatable bonds is 3. The average molecular weight is 301 g/mol. The maximum absolute atomic E-state index is 11.1. The predicted octanol–water partition coefficient (Wildman–Crippen LogP) is 3.41. The Morgan fingerprint density at radius 1 is 1.47 bits per heavy atom. The Morgan fingerprint density at radius 3 is 2.65 bits per heavy atom. The number of hydrogen-bond donors (Lipinski definition) is 1. The molecule has 0 amide bonds. The lowest BCUT2D eigenvalue weighted by atomic mass is 9.87. The number of carboxylic acid groups (broad SMARTS) is 1. The zero-order chi connectivity index (χ0) is 12.4. The smallest absolute Gasteiger partial charge is 0.357 e. The van der Waals surface area contributed by atoms with Crippen molar-refractivity contribution in [3.05, 3.63) is 15.9 Å². The molecule has 1 aromatic rings. The lowest BCUT2D eigenvalue weighted by Gasteiger charge is -2.22. The quantitative estimate of drug-likeness (QED) is 0.930. The fourth-order valence-electron chi connectivity index (χ4n) is 2.60. The summed E-state index contributed by atoms with van der Waals surface area (Å²) in [5.74, 6) is -0.500. The zero-order valence-electron chi connectivity index (χ0n) is 9.95. The Morgan fingerprint density at radius 2 is 2.12 bits per heavy atom. The number of aryl methyl sites for hydroxylation is 1. The summed E-state index contributed by atoms with van der Waals surface area (Å²) in [4.78, 5) is 11.1. The third-order valence-electron chi connectivity index (χ3n) is 3.43. The van der Waals surface area contributed by atoms with E-state index in [2.05, 4.69) is 21.0 Å². The summed E-state index contributed by atoms with van der Waals surface area (Å²) in [6.45, 7) is 2.72. The molecule has 0 aromatic carbocycles. The molecule has 0 aliphatic heterocycles. The van der Waals surface area contributed by atoms with Gasteiger partial charge in [-0.1, -0.05) is 19.3 Å². The Bertz CT molecular complexity index is 422. The highest BCUT2D eigenvalue weighted by atomic mass is 79.9. The van der Waals surface area contributed by atoms with E-state index in [9.17, 15) is 4.79 Å². The minimum absolute atomic E-state index is 0.146. The lowest BCUT2D eigenvalue weighted by molar-refractivity contribution is 0.0688. The third-order valence-corrected chi connectivity index (χ3v) is 4.21. The fraction of sp³-hybridized carbons (Fsp3) is 0.667. The van der Waals surface area contributed by atoms with Crippen molar-refractivity contribution in [1.29, 1.82) is 0 Å². The number of carboxylic acids is 1. The van der Waals surface area contributed by atoms with E-state index in [1.165, 1.54) is 19.3 Å². The Labute approximate surface area is 109 Å². The van der Waals surface area contributed by atoms with E-state index in [1.807, 2.05) is 11.6 Å². The first-order valence-corrected chi connectivity index (χ1v) is 6.94. The number of hydrogen-bond acceptors (Lipinski definition) is 2. The summed E-state index contributed by atoms with van der Waals surface area (Å²) < 4.78 is 2.52. The standard InChI is InChI=1S/C12H17BrN2O2/c1-2-15-11(8-6-4-3-5-7-8)9(13)10(14-15)12(16)17/h8H,2-7H2,1H3,(H,16,17). The summed E-state index contributed by atoms with van der Waals surface area (Å²) in [7, 11) is 0. The Kier molecular flexibility index (Phi) is 3.86. The molecule has 94 valence electrons. The molecule has 1 saturated carbocycles. The number of aromatic carboxylic acids is 1. The number of carbonyl (C=O) groups is 1. The van der Waals surface area contributed by atoms with Gasteiger partial charge < -0.3 is 5.11 Å². The predicted molar refractivity (Wildman–Crippen MR) is 68.4 cm³/mol. The van der Waals surface area contributed by atoms with Crippen LogP contribution >= 0.6 is 15.9 Å². The second-order valence-corrected chi connectivity index (χ2v) is 5.30. The Hall–Kier alpha value is -0.840. The van der Waals surface area contributed by atoms with Crippen molar-refractivity contribution in [2.75, 3.05) is 0 Å². The van der Waals surface area contributed by atoms with Gasteiger partial charge in [0.15, 0.2) is 5.69 Å². The average Bonchev–Trinajstić information content (AvgIpc) is 2.67. The van der Waals surface area contributed by atoms with Crippen LogP contribution < -0.4 is 0 Å². The van der Waals surface area contributed by atoms with Gasteiger partial charge in [-0.2, -0.15) is 5.10 Å². The normalized spacial score (nSPS) is 17.3. The summed E-state index contributed by atoms with van der Waals surface area (Å²) in [5, 5.41) is 13.3. The van der Waals surface area contributed by atoms with Crippen LogP contribution in [-0.4, -0.2) is 20.9 Å². The highest BCUT2D eigenvalue weighted by molar-refractivity contribution is 9.10. The first kappa shape index (κ1) is 12.6. The van der Waals surface area contributed by atoms with Gasteiger partial charge >= 0.3 is 5.97 Å². The molecule has 0 unspecified atom stereocenters. The molecular weight excluding hydrogens is 284 g/mol. The van der Waals surface area contributed by atoms with E-state index >= 15 is 0 Å². The maximum atomic E-state index is 11.1. The molecular formula is C12H17BrN2O2. The molecule has 2 rings (SSSR count). The van der Waals surface area contributed by atoms with Crippen molar-refractivity contribution in [2.45, 2.75) is 51.5 Å². The van der Waals surface area contributed by atoms with E-state index in [1.54, 1.807) is 0 Å². The second kappa shape index (κ2) is 5.21. The molecule has 4 nitrogen and oxygen atoms in total. The minimum Gasteiger partial charge on any atom is -0.476 e. The molecule has 1 aliphatic rings. The number of aromatic nitrogens is 2. The summed E-state index contributed by atoms with van der Waals surface area (Å²) in [5.41, 5.74) is 1.22. The van der Waals surface area contributed by atoms with Crippen molar-refractivity contribution in [2.24, 2.45) is 0 Å². The number of nitrogens with zero attached hydrogens (tertiary/aromatic N) is 2. The molecule has 1 aromatic heterocycles. The van der Waals surface area contributed by atoms with Gasteiger partial charge in [-0.25, -0.2) is 4.79 Å². The minimum atomic E-state index is -0.957. The van der Waals surface area contributed by atoms with Crippen LogP contribution in [0.1, 0.15) is 61.1 Å². The van der Waals surface area contributed by atoms with Crippen molar-refractivity contribution in [1.82, 2.24) is 9.78 Å². The van der Waals surface area contributed by atoms with Gasteiger partial charge in [0.05, 0.1) is 10.2 Å². The van der Waals surface area contributed by atoms with Gasteiger partial charge in [0, 0.05) is 12.5 Å². The third kappa shape index (κ3) is 2.39. The topological polar surface area (TPSA) is 55.1 Å². The summed E-state index contributed by atoms with van der Waals surface area (Å²) in [6.07, 6.45) is 6.04. The monoisotopic (exact) mass is 300 g/mol. The molecule has 0 saturated heterocycles. The molecule has 0 atom stereocenters. The van der Waals surface area contributed by atoms with E-state index in [4.69, 9.17) is 5.11 Å². The fourth-order valence-corrected chi connectivity index (χ4v) is 3.37. The summed E-state index contributed by atoms with van der Waals surface area (Å²) >= 11 is 3.41. The van der Waals surface area contributed by atoms with Crippen LogP contribution in [0.4, 0.5) is 0 Å². The van der Waals surface area contributed by atoms with Crippen LogP contribution in [0.2, 0.25) is 0 Å².